The molecule has 3 aromatic carbocycles. The standard InChI is InChI=1S/C31H25N5O3S2/c37-28-17-19-40-31(35(28)22-9-2-1-3-10-22)34-41(38,39)24-15-13-23(14-16-24)36-30(27-12-6-7-18-32-27)26-20-21-8-4-5-11-25(21)29(26)33-36/h1-16,18,26,30H,17,19-20H2/b34-31-. The summed E-state index contributed by atoms with van der Waals surface area (Å²) < 4.78 is 30.9. The van der Waals surface area contributed by atoms with Crippen LogP contribution in [-0.2, 0) is 21.2 Å². The van der Waals surface area contributed by atoms with Gasteiger partial charge in [0, 0.05) is 29.9 Å². The quantitative estimate of drug-likeness (QED) is 0.313. The Morgan fingerprint density at radius 2 is 1.61 bits per heavy atom. The van der Waals surface area contributed by atoms with Crippen molar-refractivity contribution in [3.05, 3.63) is 120 Å². The number of aromatic nitrogens is 1. The van der Waals surface area contributed by atoms with Crippen LogP contribution in [0.2, 0.25) is 0 Å². The number of hydrazone groups is 1. The van der Waals surface area contributed by atoms with E-state index in [1.165, 1.54) is 22.2 Å². The van der Waals surface area contributed by atoms with Crippen molar-refractivity contribution in [2.45, 2.75) is 23.8 Å². The first-order valence-electron chi connectivity index (χ1n) is 13.3. The summed E-state index contributed by atoms with van der Waals surface area (Å²) in [7, 11) is -4.08. The summed E-state index contributed by atoms with van der Waals surface area (Å²) in [4.78, 5) is 18.8. The Balaban J connectivity index is 1.22. The number of anilines is 2. The van der Waals surface area contributed by atoms with E-state index in [1.807, 2.05) is 35.3 Å². The number of hydrogen-bond acceptors (Lipinski definition) is 7. The van der Waals surface area contributed by atoms with Gasteiger partial charge in [0.25, 0.3) is 10.0 Å². The third kappa shape index (κ3) is 4.62. The Morgan fingerprint density at radius 1 is 0.854 bits per heavy atom. The first-order valence-corrected chi connectivity index (χ1v) is 15.7. The Morgan fingerprint density at radius 3 is 2.39 bits per heavy atom. The Kier molecular flexibility index (Phi) is 6.44. The van der Waals surface area contributed by atoms with Crippen LogP contribution in [0.5, 0.6) is 0 Å². The summed E-state index contributed by atoms with van der Waals surface area (Å²) in [6, 6.07) is 29.7. The van der Waals surface area contributed by atoms with Crippen molar-refractivity contribution >= 4 is 49.9 Å². The predicted octanol–water partition coefficient (Wildman–Crippen LogP) is 5.43. The van der Waals surface area contributed by atoms with E-state index in [0.717, 1.165) is 29.1 Å². The highest BCUT2D eigenvalue weighted by atomic mass is 32.2. The van der Waals surface area contributed by atoms with E-state index >= 15 is 0 Å². The largest absolute Gasteiger partial charge is 0.284 e. The molecule has 1 aliphatic carbocycles. The molecule has 1 aromatic heterocycles. The molecule has 2 aliphatic heterocycles. The summed E-state index contributed by atoms with van der Waals surface area (Å²) in [6.07, 6.45) is 2.97. The molecule has 4 aromatic rings. The summed E-state index contributed by atoms with van der Waals surface area (Å²) in [5.74, 6) is 0.436. The Hall–Kier alpha value is -4.28. The first-order chi connectivity index (χ1) is 20.0. The van der Waals surface area contributed by atoms with Crippen LogP contribution in [0.4, 0.5) is 11.4 Å². The molecule has 7 rings (SSSR count). The van der Waals surface area contributed by atoms with Crippen molar-refractivity contribution in [2.75, 3.05) is 15.7 Å². The Bertz CT molecular complexity index is 1790. The van der Waals surface area contributed by atoms with Gasteiger partial charge in [0.2, 0.25) is 5.91 Å². The minimum Gasteiger partial charge on any atom is -0.274 e. The normalized spacial score (nSPS) is 21.1. The lowest BCUT2D eigenvalue weighted by Crippen LogP contribution is -2.39. The number of para-hydroxylation sites is 1. The molecule has 3 heterocycles. The van der Waals surface area contributed by atoms with Gasteiger partial charge in [-0.15, -0.1) is 4.40 Å². The highest BCUT2D eigenvalue weighted by Crippen LogP contribution is 2.45. The fourth-order valence-electron chi connectivity index (χ4n) is 5.66. The molecule has 41 heavy (non-hydrogen) atoms. The van der Waals surface area contributed by atoms with Gasteiger partial charge in [0.05, 0.1) is 27.7 Å². The van der Waals surface area contributed by atoms with Crippen molar-refractivity contribution in [2.24, 2.45) is 15.4 Å². The lowest BCUT2D eigenvalue weighted by Gasteiger charge is -2.27. The maximum absolute atomic E-state index is 13.4. The van der Waals surface area contributed by atoms with E-state index in [4.69, 9.17) is 5.10 Å². The Labute approximate surface area is 242 Å². The summed E-state index contributed by atoms with van der Waals surface area (Å²) in [5, 5.41) is 7.15. The molecule has 204 valence electrons. The van der Waals surface area contributed by atoms with Crippen molar-refractivity contribution in [3.63, 3.8) is 0 Å². The highest BCUT2D eigenvalue weighted by molar-refractivity contribution is 8.15. The maximum Gasteiger partial charge on any atom is 0.284 e. The second-order valence-corrected chi connectivity index (χ2v) is 12.7. The van der Waals surface area contributed by atoms with Gasteiger partial charge in [-0.2, -0.15) is 13.5 Å². The van der Waals surface area contributed by atoms with Crippen LogP contribution in [0.15, 0.2) is 118 Å². The first kappa shape index (κ1) is 25.7. The smallest absolute Gasteiger partial charge is 0.274 e. The zero-order valence-corrected chi connectivity index (χ0v) is 23.5. The number of fused-ring (bicyclic) bond motifs is 3. The number of carbonyl (C=O) groups excluding carboxylic acids is 1. The second-order valence-electron chi connectivity index (χ2n) is 10.0. The van der Waals surface area contributed by atoms with E-state index in [0.29, 0.717) is 17.9 Å². The minimum absolute atomic E-state index is 0.0483. The molecule has 0 saturated carbocycles. The SMILES string of the molecule is O=C1CCS/C(=N\S(=O)(=O)c2ccc(N3N=C4c5ccccc5CC4C3c3ccccn3)cc2)N1c1ccccc1. The van der Waals surface area contributed by atoms with Crippen LogP contribution >= 0.6 is 11.8 Å². The van der Waals surface area contributed by atoms with E-state index in [-0.39, 0.29) is 27.9 Å². The number of hydrogen-bond donors (Lipinski definition) is 0. The lowest BCUT2D eigenvalue weighted by molar-refractivity contribution is -0.117. The number of pyridine rings is 1. The molecule has 0 spiro atoms. The molecule has 0 N–H and O–H groups in total. The van der Waals surface area contributed by atoms with Gasteiger partial charge in [-0.3, -0.25) is 19.7 Å². The van der Waals surface area contributed by atoms with E-state index < -0.39 is 10.0 Å². The van der Waals surface area contributed by atoms with Crippen LogP contribution in [0.25, 0.3) is 0 Å². The van der Waals surface area contributed by atoms with Gasteiger partial charge in [-0.1, -0.05) is 60.3 Å². The number of sulfonamides is 1. The van der Waals surface area contributed by atoms with Gasteiger partial charge in [-0.25, -0.2) is 0 Å². The van der Waals surface area contributed by atoms with Crippen LogP contribution in [0.3, 0.4) is 0 Å². The molecule has 3 aliphatic rings. The molecule has 1 amide bonds. The molecular weight excluding hydrogens is 555 g/mol. The van der Waals surface area contributed by atoms with Gasteiger partial charge in [0.1, 0.15) is 6.04 Å². The number of benzene rings is 3. The number of amides is 1. The molecule has 2 atom stereocenters. The third-order valence-corrected chi connectivity index (χ3v) is 9.87. The van der Waals surface area contributed by atoms with E-state index in [1.54, 1.807) is 54.7 Å². The number of rotatable bonds is 5. The van der Waals surface area contributed by atoms with Crippen LogP contribution in [0, 0.1) is 5.92 Å². The molecule has 0 bridgehead atoms. The van der Waals surface area contributed by atoms with Gasteiger partial charge >= 0.3 is 0 Å². The zero-order chi connectivity index (χ0) is 28.0. The van der Waals surface area contributed by atoms with Crippen LogP contribution < -0.4 is 9.91 Å². The number of thioether (sulfide) groups is 1. The molecular formula is C31H25N5O3S2. The van der Waals surface area contributed by atoms with E-state index in [2.05, 4.69) is 27.6 Å². The summed E-state index contributed by atoms with van der Waals surface area (Å²) >= 11 is 1.26. The fourth-order valence-corrected chi connectivity index (χ4v) is 7.83. The monoisotopic (exact) mass is 579 g/mol. The topological polar surface area (TPSA) is 95.3 Å². The number of nitrogens with zero attached hydrogens (tertiary/aromatic N) is 5. The minimum atomic E-state index is -4.08. The average molecular weight is 580 g/mol. The highest BCUT2D eigenvalue weighted by Gasteiger charge is 2.44. The summed E-state index contributed by atoms with van der Waals surface area (Å²) in [5.41, 5.74) is 5.72. The molecule has 1 fully saturated rings. The van der Waals surface area contributed by atoms with Crippen molar-refractivity contribution in [1.82, 2.24) is 4.98 Å². The molecule has 8 nitrogen and oxygen atoms in total. The molecule has 10 heteroatoms. The molecule has 0 radical (unpaired) electrons. The summed E-state index contributed by atoms with van der Waals surface area (Å²) in [6.45, 7) is 0. The predicted molar refractivity (Wildman–Crippen MR) is 162 cm³/mol. The molecule has 2 unspecified atom stereocenters. The van der Waals surface area contributed by atoms with Crippen LogP contribution in [0.1, 0.15) is 29.3 Å². The molecule has 1 saturated heterocycles. The van der Waals surface area contributed by atoms with Gasteiger partial charge in [-0.05, 0) is 60.5 Å². The van der Waals surface area contributed by atoms with Crippen molar-refractivity contribution < 1.29 is 13.2 Å². The zero-order valence-electron chi connectivity index (χ0n) is 21.9. The van der Waals surface area contributed by atoms with Crippen LogP contribution in [-0.4, -0.2) is 35.9 Å². The second kappa shape index (κ2) is 10.3. The van der Waals surface area contributed by atoms with Gasteiger partial charge in [0.15, 0.2) is 5.17 Å². The van der Waals surface area contributed by atoms with E-state index in [9.17, 15) is 13.2 Å². The maximum atomic E-state index is 13.4. The average Bonchev–Trinajstić information content (AvgIpc) is 3.54. The lowest BCUT2D eigenvalue weighted by atomic mass is 9.93. The fraction of sp³-hybridized carbons (Fsp3) is 0.161. The number of carbonyl (C=O) groups is 1. The van der Waals surface area contributed by atoms with Crippen molar-refractivity contribution in [1.29, 1.82) is 0 Å². The number of amidine groups is 1. The third-order valence-electron chi connectivity index (χ3n) is 7.53. The van der Waals surface area contributed by atoms with Crippen molar-refractivity contribution in [3.8, 4) is 0 Å². The van der Waals surface area contributed by atoms with Gasteiger partial charge < -0.3 is 0 Å².